The molecule has 0 unspecified atom stereocenters. The maximum Gasteiger partial charge on any atom is 0.193 e. The summed E-state index contributed by atoms with van der Waals surface area (Å²) in [5.41, 5.74) is 0. The van der Waals surface area contributed by atoms with Crippen LogP contribution in [0, 0.1) is 5.92 Å². The number of nitrogens with zero attached hydrogens (tertiary/aromatic N) is 2. The van der Waals surface area contributed by atoms with E-state index in [9.17, 15) is 0 Å². The van der Waals surface area contributed by atoms with Crippen molar-refractivity contribution < 1.29 is 9.47 Å². The molecule has 0 aromatic carbocycles. The fourth-order valence-corrected chi connectivity index (χ4v) is 4.14. The smallest absolute Gasteiger partial charge is 0.193 e. The Kier molecular flexibility index (Phi) is 14.6. The van der Waals surface area contributed by atoms with Crippen molar-refractivity contribution in [2.45, 2.75) is 77.2 Å². The lowest BCUT2D eigenvalue weighted by Gasteiger charge is -2.34. The summed E-state index contributed by atoms with van der Waals surface area (Å²) in [5.74, 6) is 2.11. The van der Waals surface area contributed by atoms with E-state index in [1.54, 1.807) is 7.11 Å². The van der Waals surface area contributed by atoms with E-state index in [1.165, 1.54) is 44.9 Å². The Balaban J connectivity index is 0.00000364. The van der Waals surface area contributed by atoms with Crippen molar-refractivity contribution >= 4 is 29.9 Å². The zero-order chi connectivity index (χ0) is 18.5. The summed E-state index contributed by atoms with van der Waals surface area (Å²) in [6.07, 6.45) is 13.4. The van der Waals surface area contributed by atoms with Crippen LogP contribution in [0.25, 0.3) is 0 Å². The van der Waals surface area contributed by atoms with Crippen LogP contribution in [-0.4, -0.2) is 63.5 Å². The fraction of sp³-hybridized carbons (Fsp3) is 0.952. The molecule has 2 fully saturated rings. The van der Waals surface area contributed by atoms with Gasteiger partial charge in [-0.1, -0.05) is 38.5 Å². The second-order valence-corrected chi connectivity index (χ2v) is 7.79. The van der Waals surface area contributed by atoms with Crippen molar-refractivity contribution in [2.75, 3.05) is 46.5 Å². The maximum atomic E-state index is 5.97. The Labute approximate surface area is 184 Å². The predicted molar refractivity (Wildman–Crippen MR) is 124 cm³/mol. The predicted octanol–water partition coefficient (Wildman–Crippen LogP) is 4.45. The van der Waals surface area contributed by atoms with Crippen LogP contribution >= 0.6 is 24.0 Å². The van der Waals surface area contributed by atoms with E-state index in [1.807, 2.05) is 0 Å². The summed E-state index contributed by atoms with van der Waals surface area (Å²) >= 11 is 0. The van der Waals surface area contributed by atoms with Crippen LogP contribution in [0.4, 0.5) is 0 Å². The SMILES string of the molecule is CCNC(=NCCCCC1CCCC1)N1CCC(OCCCOC)CC1.I. The average Bonchev–Trinajstić information content (AvgIpc) is 3.18. The molecule has 1 heterocycles. The Morgan fingerprint density at radius 1 is 1.04 bits per heavy atom. The normalized spacial score (nSPS) is 19.3. The van der Waals surface area contributed by atoms with E-state index in [-0.39, 0.29) is 24.0 Å². The topological polar surface area (TPSA) is 46.1 Å². The van der Waals surface area contributed by atoms with Crippen LogP contribution in [-0.2, 0) is 9.47 Å². The first-order chi connectivity index (χ1) is 12.8. The number of halogens is 1. The van der Waals surface area contributed by atoms with Crippen LogP contribution in [0.15, 0.2) is 4.99 Å². The highest BCUT2D eigenvalue weighted by molar-refractivity contribution is 14.0. The molecule has 2 aliphatic rings. The van der Waals surface area contributed by atoms with Crippen molar-refractivity contribution in [1.82, 2.24) is 10.2 Å². The van der Waals surface area contributed by atoms with E-state index in [0.717, 1.165) is 70.5 Å². The summed E-state index contributed by atoms with van der Waals surface area (Å²) < 4.78 is 11.0. The Bertz CT molecular complexity index is 382. The summed E-state index contributed by atoms with van der Waals surface area (Å²) in [4.78, 5) is 7.30. The van der Waals surface area contributed by atoms with Gasteiger partial charge in [-0.3, -0.25) is 4.99 Å². The van der Waals surface area contributed by atoms with Gasteiger partial charge in [0.2, 0.25) is 0 Å². The summed E-state index contributed by atoms with van der Waals surface area (Å²) in [5, 5.41) is 3.48. The van der Waals surface area contributed by atoms with Crippen LogP contribution in [0.3, 0.4) is 0 Å². The zero-order valence-electron chi connectivity index (χ0n) is 17.6. The van der Waals surface area contributed by atoms with Gasteiger partial charge >= 0.3 is 0 Å². The first-order valence-electron chi connectivity index (χ1n) is 11.0. The number of hydrogen-bond donors (Lipinski definition) is 1. The first kappa shape index (κ1) is 25.0. The number of unbranched alkanes of at least 4 members (excludes halogenated alkanes) is 1. The number of nitrogens with one attached hydrogen (secondary N) is 1. The minimum Gasteiger partial charge on any atom is -0.385 e. The van der Waals surface area contributed by atoms with E-state index < -0.39 is 0 Å². The van der Waals surface area contributed by atoms with Crippen molar-refractivity contribution in [1.29, 1.82) is 0 Å². The molecule has 0 atom stereocenters. The molecule has 0 radical (unpaired) electrons. The lowest BCUT2D eigenvalue weighted by Crippen LogP contribution is -2.47. The number of piperidine rings is 1. The number of rotatable bonds is 11. The molecule has 27 heavy (non-hydrogen) atoms. The minimum atomic E-state index is 0. The van der Waals surface area contributed by atoms with Gasteiger partial charge in [0.1, 0.15) is 0 Å². The molecule has 0 aromatic rings. The molecular formula is C21H42IN3O2. The molecule has 1 aliphatic heterocycles. The molecule has 2 rings (SSSR count). The van der Waals surface area contributed by atoms with Crippen molar-refractivity contribution in [3.05, 3.63) is 0 Å². The molecule has 6 heteroatoms. The van der Waals surface area contributed by atoms with Crippen LogP contribution in [0.2, 0.25) is 0 Å². The molecule has 1 saturated heterocycles. The maximum absolute atomic E-state index is 5.97. The molecule has 0 amide bonds. The van der Waals surface area contributed by atoms with Gasteiger partial charge in [0.25, 0.3) is 0 Å². The number of methoxy groups -OCH3 is 1. The van der Waals surface area contributed by atoms with Gasteiger partial charge in [-0.15, -0.1) is 24.0 Å². The van der Waals surface area contributed by atoms with Gasteiger partial charge in [0, 0.05) is 46.5 Å². The minimum absolute atomic E-state index is 0. The Morgan fingerprint density at radius 3 is 2.44 bits per heavy atom. The van der Waals surface area contributed by atoms with Gasteiger partial charge in [-0.2, -0.15) is 0 Å². The zero-order valence-corrected chi connectivity index (χ0v) is 19.9. The van der Waals surface area contributed by atoms with E-state index in [2.05, 4.69) is 17.1 Å². The van der Waals surface area contributed by atoms with E-state index in [0.29, 0.717) is 6.10 Å². The number of guanidine groups is 1. The third-order valence-electron chi connectivity index (χ3n) is 5.68. The van der Waals surface area contributed by atoms with Crippen LogP contribution in [0.5, 0.6) is 0 Å². The van der Waals surface area contributed by atoms with Gasteiger partial charge in [0.05, 0.1) is 6.10 Å². The van der Waals surface area contributed by atoms with Gasteiger partial charge in [-0.05, 0) is 38.5 Å². The summed E-state index contributed by atoms with van der Waals surface area (Å²) in [7, 11) is 1.74. The van der Waals surface area contributed by atoms with E-state index >= 15 is 0 Å². The third kappa shape index (κ3) is 10.3. The molecule has 1 saturated carbocycles. The van der Waals surface area contributed by atoms with Crippen molar-refractivity contribution in [3.63, 3.8) is 0 Å². The fourth-order valence-electron chi connectivity index (χ4n) is 4.14. The monoisotopic (exact) mass is 495 g/mol. The quantitative estimate of drug-likeness (QED) is 0.199. The molecule has 1 N–H and O–H groups in total. The summed E-state index contributed by atoms with van der Waals surface area (Å²) in [6, 6.07) is 0. The van der Waals surface area contributed by atoms with Crippen LogP contribution in [0.1, 0.15) is 71.1 Å². The first-order valence-corrected chi connectivity index (χ1v) is 11.0. The molecule has 0 bridgehead atoms. The highest BCUT2D eigenvalue weighted by atomic mass is 127. The highest BCUT2D eigenvalue weighted by Crippen LogP contribution is 2.28. The molecule has 0 aromatic heterocycles. The lowest BCUT2D eigenvalue weighted by atomic mass is 10.0. The molecule has 1 aliphatic carbocycles. The lowest BCUT2D eigenvalue weighted by molar-refractivity contribution is 0.00990. The number of hydrogen-bond acceptors (Lipinski definition) is 3. The van der Waals surface area contributed by atoms with Gasteiger partial charge in [0.15, 0.2) is 5.96 Å². The number of aliphatic imine (C=N–C) groups is 1. The second-order valence-electron chi connectivity index (χ2n) is 7.79. The second kappa shape index (κ2) is 15.8. The molecule has 5 nitrogen and oxygen atoms in total. The average molecular weight is 495 g/mol. The molecule has 160 valence electrons. The van der Waals surface area contributed by atoms with Crippen LogP contribution < -0.4 is 5.32 Å². The van der Waals surface area contributed by atoms with Gasteiger partial charge in [-0.25, -0.2) is 0 Å². The van der Waals surface area contributed by atoms with E-state index in [4.69, 9.17) is 14.5 Å². The van der Waals surface area contributed by atoms with Gasteiger partial charge < -0.3 is 19.7 Å². The Morgan fingerprint density at radius 2 is 1.78 bits per heavy atom. The standard InChI is InChI=1S/C21H41N3O2.HI/c1-3-22-21(23-14-7-6-11-19-9-4-5-10-19)24-15-12-20(13-16-24)26-18-8-17-25-2;/h19-20H,3-18H2,1-2H3,(H,22,23);1H. The highest BCUT2D eigenvalue weighted by Gasteiger charge is 2.21. The largest absolute Gasteiger partial charge is 0.385 e. The third-order valence-corrected chi connectivity index (χ3v) is 5.68. The van der Waals surface area contributed by atoms with Crippen molar-refractivity contribution in [2.24, 2.45) is 10.9 Å². The molecule has 0 spiro atoms. The number of likely N-dealkylation sites (tertiary alicyclic amines) is 1. The van der Waals surface area contributed by atoms with Crippen molar-refractivity contribution in [3.8, 4) is 0 Å². The Hall–Kier alpha value is -0.0800. The molecular weight excluding hydrogens is 453 g/mol. The summed E-state index contributed by atoms with van der Waals surface area (Å²) in [6.45, 7) is 7.74. The number of ether oxygens (including phenoxy) is 2.